The summed E-state index contributed by atoms with van der Waals surface area (Å²) in [5.74, 6) is 0.137. The average molecular weight is 343 g/mol. The molecule has 0 bridgehead atoms. The van der Waals surface area contributed by atoms with Crippen LogP contribution >= 0.6 is 11.8 Å². The predicted octanol–water partition coefficient (Wildman–Crippen LogP) is 1.67. The number of nitrogens with zero attached hydrogens (tertiary/aromatic N) is 5. The molecule has 1 amide bonds. The minimum atomic E-state index is 0.137. The number of piperazine rings is 1. The van der Waals surface area contributed by atoms with Crippen LogP contribution in [0.15, 0.2) is 35.5 Å². The van der Waals surface area contributed by atoms with Gasteiger partial charge in [0, 0.05) is 36.8 Å². The van der Waals surface area contributed by atoms with Gasteiger partial charge in [0.25, 0.3) is 0 Å². The first-order valence-electron chi connectivity index (χ1n) is 8.35. The molecular weight excluding hydrogens is 322 g/mol. The van der Waals surface area contributed by atoms with Gasteiger partial charge in [-0.1, -0.05) is 36.9 Å². The summed E-state index contributed by atoms with van der Waals surface area (Å²) in [7, 11) is 0. The Hall–Kier alpha value is -2.02. The van der Waals surface area contributed by atoms with Gasteiger partial charge < -0.3 is 9.80 Å². The third-order valence-corrected chi connectivity index (χ3v) is 5.68. The van der Waals surface area contributed by atoms with Crippen LogP contribution in [0.3, 0.4) is 0 Å². The Kier molecular flexibility index (Phi) is 4.18. The van der Waals surface area contributed by atoms with E-state index in [0.29, 0.717) is 11.8 Å². The molecule has 24 heavy (non-hydrogen) atoms. The number of carbonyl (C=O) groups is 1. The Bertz CT molecular complexity index is 778. The maximum absolute atomic E-state index is 12.6. The predicted molar refractivity (Wildman–Crippen MR) is 97.2 cm³/mol. The molecule has 1 aromatic carbocycles. The highest BCUT2D eigenvalue weighted by Gasteiger charge is 2.26. The third-order valence-electron chi connectivity index (χ3n) is 4.53. The van der Waals surface area contributed by atoms with Crippen LogP contribution in [-0.2, 0) is 11.3 Å². The molecule has 1 atom stereocenters. The number of hydrogen-bond acceptors (Lipinski definition) is 5. The lowest BCUT2D eigenvalue weighted by molar-refractivity contribution is -0.133. The molecule has 1 fully saturated rings. The van der Waals surface area contributed by atoms with E-state index in [-0.39, 0.29) is 5.91 Å². The van der Waals surface area contributed by atoms with Crippen molar-refractivity contribution in [3.05, 3.63) is 30.5 Å². The van der Waals surface area contributed by atoms with Crippen LogP contribution in [0.4, 0.5) is 0 Å². The molecule has 126 valence electrons. The fraction of sp³-hybridized carbons (Fsp3) is 0.471. The van der Waals surface area contributed by atoms with E-state index in [1.54, 1.807) is 4.68 Å². The van der Waals surface area contributed by atoms with E-state index in [0.717, 1.165) is 48.8 Å². The Morgan fingerprint density at radius 2 is 2.04 bits per heavy atom. The number of para-hydroxylation sites is 1. The van der Waals surface area contributed by atoms with Gasteiger partial charge in [-0.15, -0.1) is 0 Å². The lowest BCUT2D eigenvalue weighted by Crippen LogP contribution is -2.50. The quantitative estimate of drug-likeness (QED) is 0.832. The van der Waals surface area contributed by atoms with Crippen LogP contribution in [0.25, 0.3) is 10.9 Å². The zero-order valence-electron chi connectivity index (χ0n) is 13.8. The van der Waals surface area contributed by atoms with Gasteiger partial charge in [0.15, 0.2) is 5.17 Å². The summed E-state index contributed by atoms with van der Waals surface area (Å²) in [4.78, 5) is 21.4. The number of aliphatic imine (C=N–C) groups is 1. The second-order valence-electron chi connectivity index (χ2n) is 6.28. The maximum Gasteiger partial charge on any atom is 0.244 e. The van der Waals surface area contributed by atoms with Gasteiger partial charge in [-0.25, -0.2) is 0 Å². The van der Waals surface area contributed by atoms with Crippen molar-refractivity contribution < 1.29 is 4.79 Å². The summed E-state index contributed by atoms with van der Waals surface area (Å²) in [5, 5.41) is 7.15. The monoisotopic (exact) mass is 343 g/mol. The van der Waals surface area contributed by atoms with E-state index in [9.17, 15) is 4.79 Å². The summed E-state index contributed by atoms with van der Waals surface area (Å²) in [6, 6.07) is 7.98. The minimum Gasteiger partial charge on any atom is -0.348 e. The zero-order chi connectivity index (χ0) is 16.5. The highest BCUT2D eigenvalue weighted by Crippen LogP contribution is 2.23. The highest BCUT2D eigenvalue weighted by atomic mass is 32.2. The van der Waals surface area contributed by atoms with E-state index < -0.39 is 0 Å². The number of rotatable bonds is 2. The van der Waals surface area contributed by atoms with E-state index in [1.807, 2.05) is 47.1 Å². The van der Waals surface area contributed by atoms with Gasteiger partial charge >= 0.3 is 0 Å². The topological polar surface area (TPSA) is 53.7 Å². The van der Waals surface area contributed by atoms with Crippen LogP contribution in [0, 0.1) is 0 Å². The number of fused-ring (bicyclic) bond motifs is 1. The van der Waals surface area contributed by atoms with Crippen LogP contribution < -0.4 is 0 Å². The molecular formula is C17H21N5OS. The molecule has 0 unspecified atom stereocenters. The first kappa shape index (κ1) is 15.5. The second-order valence-corrected chi connectivity index (χ2v) is 7.69. The van der Waals surface area contributed by atoms with Crippen LogP contribution in [0.2, 0.25) is 0 Å². The zero-order valence-corrected chi connectivity index (χ0v) is 14.6. The van der Waals surface area contributed by atoms with Gasteiger partial charge in [-0.3, -0.25) is 14.5 Å². The molecule has 0 N–H and O–H groups in total. The highest BCUT2D eigenvalue weighted by molar-refractivity contribution is 8.14. The van der Waals surface area contributed by atoms with E-state index >= 15 is 0 Å². The van der Waals surface area contributed by atoms with Gasteiger partial charge in [-0.2, -0.15) is 5.10 Å². The van der Waals surface area contributed by atoms with Gasteiger partial charge in [0.05, 0.1) is 18.3 Å². The van der Waals surface area contributed by atoms with E-state index in [2.05, 4.69) is 21.9 Å². The number of aromatic nitrogens is 2. The Morgan fingerprint density at radius 1 is 1.25 bits per heavy atom. The normalized spacial score (nSPS) is 21.4. The standard InChI is InChI=1S/C17H21N5OS/c1-13-10-18-17(24-13)21-8-6-20(7-9-21)16(23)12-22-15-5-3-2-4-14(15)11-19-22/h2-5,11,13H,6-10,12H2,1H3/t13-/m0/s1. The number of carbonyl (C=O) groups excluding carboxylic acids is 1. The van der Waals surface area contributed by atoms with Crippen molar-refractivity contribution >= 4 is 33.7 Å². The van der Waals surface area contributed by atoms with Crippen molar-refractivity contribution in [3.8, 4) is 0 Å². The SMILES string of the molecule is C[C@H]1CN=C(N2CCN(C(=O)Cn3ncc4ccccc43)CC2)S1. The molecule has 0 aliphatic carbocycles. The third kappa shape index (κ3) is 3.00. The fourth-order valence-electron chi connectivity index (χ4n) is 3.16. The summed E-state index contributed by atoms with van der Waals surface area (Å²) in [5.41, 5.74) is 1.01. The van der Waals surface area contributed by atoms with Crippen molar-refractivity contribution in [3.63, 3.8) is 0 Å². The summed E-state index contributed by atoms with van der Waals surface area (Å²) < 4.78 is 1.79. The molecule has 4 rings (SSSR count). The molecule has 2 aliphatic heterocycles. The molecule has 0 radical (unpaired) electrons. The molecule has 3 heterocycles. The number of hydrogen-bond donors (Lipinski definition) is 0. The molecule has 1 saturated heterocycles. The average Bonchev–Trinajstić information content (AvgIpc) is 3.22. The lowest BCUT2D eigenvalue weighted by Gasteiger charge is -2.35. The molecule has 0 saturated carbocycles. The molecule has 0 spiro atoms. The molecule has 7 heteroatoms. The van der Waals surface area contributed by atoms with Crippen molar-refractivity contribution in [2.24, 2.45) is 4.99 Å². The van der Waals surface area contributed by atoms with E-state index in [1.165, 1.54) is 0 Å². The number of amides is 1. The summed E-state index contributed by atoms with van der Waals surface area (Å²) in [6.07, 6.45) is 1.82. The van der Waals surface area contributed by atoms with Gasteiger partial charge in [-0.05, 0) is 6.07 Å². The molecule has 2 aromatic rings. The van der Waals surface area contributed by atoms with Crippen LogP contribution in [0.5, 0.6) is 0 Å². The first-order valence-corrected chi connectivity index (χ1v) is 9.23. The Labute approximate surface area is 145 Å². The molecule has 1 aromatic heterocycles. The van der Waals surface area contributed by atoms with Crippen molar-refractivity contribution in [1.29, 1.82) is 0 Å². The smallest absolute Gasteiger partial charge is 0.244 e. The number of amidine groups is 1. The van der Waals surface area contributed by atoms with Gasteiger partial charge in [0.1, 0.15) is 6.54 Å². The number of thioether (sulfide) groups is 1. The Balaban J connectivity index is 1.36. The Morgan fingerprint density at radius 3 is 2.79 bits per heavy atom. The minimum absolute atomic E-state index is 0.137. The lowest BCUT2D eigenvalue weighted by atomic mass is 10.2. The van der Waals surface area contributed by atoms with E-state index in [4.69, 9.17) is 0 Å². The first-order chi connectivity index (χ1) is 11.7. The fourth-order valence-corrected chi connectivity index (χ4v) is 4.15. The largest absolute Gasteiger partial charge is 0.348 e. The summed E-state index contributed by atoms with van der Waals surface area (Å²) >= 11 is 1.85. The molecule has 6 nitrogen and oxygen atoms in total. The molecule has 2 aliphatic rings. The van der Waals surface area contributed by atoms with Crippen molar-refractivity contribution in [2.75, 3.05) is 32.7 Å². The second kappa shape index (κ2) is 6.47. The van der Waals surface area contributed by atoms with Crippen LogP contribution in [-0.4, -0.2) is 68.6 Å². The number of benzene rings is 1. The van der Waals surface area contributed by atoms with Crippen molar-refractivity contribution in [1.82, 2.24) is 19.6 Å². The van der Waals surface area contributed by atoms with Gasteiger partial charge in [0.2, 0.25) is 5.91 Å². The maximum atomic E-state index is 12.6. The van der Waals surface area contributed by atoms with Crippen LogP contribution in [0.1, 0.15) is 6.92 Å². The van der Waals surface area contributed by atoms with Crippen molar-refractivity contribution in [2.45, 2.75) is 18.7 Å². The summed E-state index contributed by atoms with van der Waals surface area (Å²) in [6.45, 7) is 6.66.